The Balaban J connectivity index is 0.00000529. The number of carbonyl (C=O) groups excluding carboxylic acids is 1. The topological polar surface area (TPSA) is 66.0 Å². The molecule has 1 amide bonds. The first-order valence-electron chi connectivity index (χ1n) is 8.59. The molecule has 0 aromatic heterocycles. The van der Waals surface area contributed by atoms with Gasteiger partial charge in [0.1, 0.15) is 6.54 Å². The Bertz CT molecular complexity index is 408. The lowest BCUT2D eigenvalue weighted by atomic mass is 9.78. The van der Waals surface area contributed by atoms with E-state index in [2.05, 4.69) is 36.4 Å². The maximum absolute atomic E-state index is 11.7. The lowest BCUT2D eigenvalue weighted by Gasteiger charge is -2.40. The second kappa shape index (κ2) is 11.1. The second-order valence-electron chi connectivity index (χ2n) is 7.42. The van der Waals surface area contributed by atoms with Crippen molar-refractivity contribution in [2.75, 3.05) is 40.3 Å². The van der Waals surface area contributed by atoms with E-state index in [0.29, 0.717) is 11.9 Å². The van der Waals surface area contributed by atoms with Crippen LogP contribution in [0.5, 0.6) is 0 Å². The Labute approximate surface area is 164 Å². The Morgan fingerprint density at radius 3 is 2.50 bits per heavy atom. The molecule has 1 saturated heterocycles. The number of ether oxygens (including phenoxy) is 1. The molecule has 142 valence electrons. The summed E-state index contributed by atoms with van der Waals surface area (Å²) in [5.41, 5.74) is 0.128. The molecule has 0 saturated carbocycles. The summed E-state index contributed by atoms with van der Waals surface area (Å²) in [6, 6.07) is 0. The Morgan fingerprint density at radius 2 is 1.96 bits per heavy atom. The summed E-state index contributed by atoms with van der Waals surface area (Å²) in [6.45, 7) is 11.3. The summed E-state index contributed by atoms with van der Waals surface area (Å²) in [4.78, 5) is 17.6. The monoisotopic (exact) mass is 454 g/mol. The van der Waals surface area contributed by atoms with Gasteiger partial charge in [-0.1, -0.05) is 20.8 Å². The zero-order valence-corrected chi connectivity index (χ0v) is 18.3. The highest BCUT2D eigenvalue weighted by Crippen LogP contribution is 2.33. The third-order valence-electron chi connectivity index (χ3n) is 4.05. The first-order chi connectivity index (χ1) is 10.8. The summed E-state index contributed by atoms with van der Waals surface area (Å²) < 4.78 is 6.02. The van der Waals surface area contributed by atoms with Gasteiger partial charge in [0.15, 0.2) is 5.96 Å². The van der Waals surface area contributed by atoms with Crippen LogP contribution < -0.4 is 10.6 Å². The summed E-state index contributed by atoms with van der Waals surface area (Å²) in [5.74, 6) is 1.15. The van der Waals surface area contributed by atoms with Crippen molar-refractivity contribution in [3.63, 3.8) is 0 Å². The molecule has 0 bridgehead atoms. The zero-order valence-electron chi connectivity index (χ0n) is 16.0. The highest BCUT2D eigenvalue weighted by Gasteiger charge is 2.35. The van der Waals surface area contributed by atoms with E-state index >= 15 is 0 Å². The van der Waals surface area contributed by atoms with E-state index in [9.17, 15) is 4.79 Å². The molecule has 0 aromatic rings. The van der Waals surface area contributed by atoms with Gasteiger partial charge >= 0.3 is 0 Å². The number of halogens is 1. The van der Waals surface area contributed by atoms with E-state index in [1.807, 2.05) is 6.92 Å². The van der Waals surface area contributed by atoms with Crippen LogP contribution in [0.4, 0.5) is 0 Å². The largest absolute Gasteiger partial charge is 0.377 e. The summed E-state index contributed by atoms with van der Waals surface area (Å²) >= 11 is 0. The minimum Gasteiger partial charge on any atom is -0.377 e. The molecule has 24 heavy (non-hydrogen) atoms. The third kappa shape index (κ3) is 8.00. The van der Waals surface area contributed by atoms with Crippen LogP contribution in [0.1, 0.15) is 40.5 Å². The predicted octanol–water partition coefficient (Wildman–Crippen LogP) is 2.09. The van der Waals surface area contributed by atoms with Gasteiger partial charge in [0.05, 0.1) is 6.10 Å². The molecule has 1 aliphatic rings. The number of guanidine groups is 1. The van der Waals surface area contributed by atoms with Gasteiger partial charge in [-0.15, -0.1) is 24.0 Å². The molecule has 7 heteroatoms. The minimum absolute atomic E-state index is 0. The Hall–Kier alpha value is -0.570. The summed E-state index contributed by atoms with van der Waals surface area (Å²) in [6.07, 6.45) is 2.51. The Morgan fingerprint density at radius 1 is 1.29 bits per heavy atom. The zero-order chi connectivity index (χ0) is 17.5. The molecule has 0 aromatic carbocycles. The van der Waals surface area contributed by atoms with Gasteiger partial charge in [-0.3, -0.25) is 4.79 Å². The average Bonchev–Trinajstić information content (AvgIpc) is 2.49. The van der Waals surface area contributed by atoms with Crippen molar-refractivity contribution in [3.05, 3.63) is 0 Å². The minimum atomic E-state index is -0.00392. The van der Waals surface area contributed by atoms with Gasteiger partial charge in [0.25, 0.3) is 0 Å². The molecule has 0 radical (unpaired) electrons. The standard InChI is InChI=1S/C17H34N4O2.HI/c1-7-18-16(20-12-14(22)21(5)6)19-11-13-9-8-10-23-15(13)17(2,3)4;/h13,15H,7-12H2,1-6H3,(H2,18,19,20);1H. The third-order valence-corrected chi connectivity index (χ3v) is 4.05. The van der Waals surface area contributed by atoms with Crippen molar-refractivity contribution in [2.24, 2.45) is 16.3 Å². The van der Waals surface area contributed by atoms with Gasteiger partial charge in [-0.25, -0.2) is 4.99 Å². The molecule has 2 N–H and O–H groups in total. The van der Waals surface area contributed by atoms with Crippen molar-refractivity contribution < 1.29 is 9.53 Å². The number of nitrogens with zero attached hydrogens (tertiary/aromatic N) is 2. The first kappa shape index (κ1) is 23.4. The molecular weight excluding hydrogens is 419 g/mol. The van der Waals surface area contributed by atoms with Crippen LogP contribution in [0.25, 0.3) is 0 Å². The summed E-state index contributed by atoms with van der Waals surface area (Å²) in [5, 5.41) is 6.57. The molecule has 1 heterocycles. The van der Waals surface area contributed by atoms with E-state index in [1.165, 1.54) is 0 Å². The highest BCUT2D eigenvalue weighted by molar-refractivity contribution is 14.0. The van der Waals surface area contributed by atoms with Crippen molar-refractivity contribution in [1.29, 1.82) is 0 Å². The molecule has 1 aliphatic heterocycles. The van der Waals surface area contributed by atoms with Crippen LogP contribution >= 0.6 is 24.0 Å². The maximum Gasteiger partial charge on any atom is 0.243 e. The molecule has 1 rings (SSSR count). The van der Waals surface area contributed by atoms with E-state index in [0.717, 1.165) is 32.5 Å². The van der Waals surface area contributed by atoms with Crippen LogP contribution in [-0.4, -0.2) is 63.2 Å². The normalized spacial score (nSPS) is 21.7. The lowest BCUT2D eigenvalue weighted by molar-refractivity contribution is -0.127. The number of aliphatic imine (C=N–C) groups is 1. The fraction of sp³-hybridized carbons (Fsp3) is 0.882. The number of rotatable bonds is 5. The van der Waals surface area contributed by atoms with Crippen LogP contribution in [-0.2, 0) is 9.53 Å². The maximum atomic E-state index is 11.7. The molecular formula is C17H35IN4O2. The number of hydrogen-bond donors (Lipinski definition) is 2. The average molecular weight is 454 g/mol. The number of hydrogen-bond acceptors (Lipinski definition) is 3. The van der Waals surface area contributed by atoms with Gasteiger partial charge in [0.2, 0.25) is 5.91 Å². The second-order valence-corrected chi connectivity index (χ2v) is 7.42. The molecule has 6 nitrogen and oxygen atoms in total. The van der Waals surface area contributed by atoms with Crippen LogP contribution in [0, 0.1) is 11.3 Å². The van der Waals surface area contributed by atoms with Crippen molar-refractivity contribution in [2.45, 2.75) is 46.6 Å². The van der Waals surface area contributed by atoms with Crippen LogP contribution in [0.3, 0.4) is 0 Å². The molecule has 1 fully saturated rings. The van der Waals surface area contributed by atoms with Gasteiger partial charge in [0, 0.05) is 39.7 Å². The van der Waals surface area contributed by atoms with Crippen molar-refractivity contribution in [3.8, 4) is 0 Å². The number of likely N-dealkylation sites (N-methyl/N-ethyl adjacent to an activating group) is 1. The predicted molar refractivity (Wildman–Crippen MR) is 110 cm³/mol. The summed E-state index contributed by atoms with van der Waals surface area (Å²) in [7, 11) is 3.48. The van der Waals surface area contributed by atoms with E-state index in [1.54, 1.807) is 19.0 Å². The van der Waals surface area contributed by atoms with Gasteiger partial charge in [-0.2, -0.15) is 0 Å². The van der Waals surface area contributed by atoms with E-state index in [-0.39, 0.29) is 47.9 Å². The molecule has 0 aliphatic carbocycles. The molecule has 2 unspecified atom stereocenters. The molecule has 0 spiro atoms. The van der Waals surface area contributed by atoms with E-state index in [4.69, 9.17) is 4.74 Å². The van der Waals surface area contributed by atoms with Gasteiger partial charge < -0.3 is 20.3 Å². The van der Waals surface area contributed by atoms with Crippen molar-refractivity contribution in [1.82, 2.24) is 15.5 Å². The number of carbonyl (C=O) groups is 1. The first-order valence-corrected chi connectivity index (χ1v) is 8.59. The van der Waals surface area contributed by atoms with Crippen LogP contribution in [0.2, 0.25) is 0 Å². The lowest BCUT2D eigenvalue weighted by Crippen LogP contribution is -2.47. The molecule has 2 atom stereocenters. The smallest absolute Gasteiger partial charge is 0.243 e. The fourth-order valence-electron chi connectivity index (χ4n) is 2.87. The quantitative estimate of drug-likeness (QED) is 0.380. The number of amides is 1. The SMILES string of the molecule is CCNC(=NCC(=O)N(C)C)NCC1CCCOC1C(C)(C)C.I. The van der Waals surface area contributed by atoms with Crippen molar-refractivity contribution >= 4 is 35.8 Å². The van der Waals surface area contributed by atoms with Gasteiger partial charge in [-0.05, 0) is 25.2 Å². The number of nitrogens with one attached hydrogen (secondary N) is 2. The van der Waals surface area contributed by atoms with Crippen LogP contribution in [0.15, 0.2) is 4.99 Å². The van der Waals surface area contributed by atoms with E-state index < -0.39 is 0 Å². The highest BCUT2D eigenvalue weighted by atomic mass is 127. The Kier molecular flexibility index (Phi) is 10.9. The fourth-order valence-corrected chi connectivity index (χ4v) is 2.87.